The van der Waals surface area contributed by atoms with Crippen LogP contribution in [0.15, 0.2) is 78.0 Å². The lowest BCUT2D eigenvalue weighted by Gasteiger charge is -2.31. The number of halogens is 1. The molecule has 7 nitrogen and oxygen atoms in total. The van der Waals surface area contributed by atoms with Gasteiger partial charge in [-0.1, -0.05) is 48.0 Å². The number of hydrogen-bond acceptors (Lipinski definition) is 7. The number of carbonyl (C=O) groups excluding carboxylic acids is 1. The zero-order valence-corrected chi connectivity index (χ0v) is 19.1. The third-order valence-corrected chi connectivity index (χ3v) is 6.53. The van der Waals surface area contributed by atoms with Gasteiger partial charge in [-0.15, -0.1) is 11.8 Å². The molecule has 2 aromatic carbocycles. The molecule has 0 aliphatic carbocycles. The van der Waals surface area contributed by atoms with E-state index in [0.29, 0.717) is 17.4 Å². The van der Waals surface area contributed by atoms with Gasteiger partial charge in [0.25, 0.3) is 0 Å². The van der Waals surface area contributed by atoms with Gasteiger partial charge in [0.05, 0.1) is 16.2 Å². The fraction of sp³-hybridized carbons (Fsp3) is 0.167. The van der Waals surface area contributed by atoms with Crippen LogP contribution in [0.5, 0.6) is 0 Å². The standard InChI is InChI=1S/C24H21ClN6OS/c25-16-9-10-19-18(12-16)22(15-6-2-1-3-7-15)30-24(28-19)31-23-27-17(13-20(32)29-23)14-33-21-8-4-5-11-26-21/h1-12,17,23,27H,13-14H2,(H,29,32)(H,28,30,31). The van der Waals surface area contributed by atoms with Crippen molar-refractivity contribution >= 4 is 46.1 Å². The van der Waals surface area contributed by atoms with E-state index in [0.717, 1.165) is 32.9 Å². The number of hydrogen-bond donors (Lipinski definition) is 3. The number of rotatable bonds is 6. The third-order valence-electron chi connectivity index (χ3n) is 5.19. The fourth-order valence-electron chi connectivity index (χ4n) is 3.69. The van der Waals surface area contributed by atoms with E-state index in [2.05, 4.69) is 25.9 Å². The second-order valence-electron chi connectivity index (χ2n) is 7.61. The molecule has 0 spiro atoms. The molecule has 3 heterocycles. The number of amides is 1. The van der Waals surface area contributed by atoms with E-state index in [4.69, 9.17) is 16.6 Å². The summed E-state index contributed by atoms with van der Waals surface area (Å²) in [6.45, 7) is 0. The first kappa shape index (κ1) is 21.6. The Balaban J connectivity index is 1.38. The molecule has 1 fully saturated rings. The summed E-state index contributed by atoms with van der Waals surface area (Å²) >= 11 is 7.86. The second kappa shape index (κ2) is 9.74. The lowest BCUT2D eigenvalue weighted by atomic mass is 10.1. The highest BCUT2D eigenvalue weighted by molar-refractivity contribution is 7.99. The van der Waals surface area contributed by atoms with Gasteiger partial charge in [0.15, 0.2) is 6.29 Å². The van der Waals surface area contributed by atoms with Crippen molar-refractivity contribution in [1.82, 2.24) is 25.6 Å². The van der Waals surface area contributed by atoms with Crippen molar-refractivity contribution in [3.63, 3.8) is 0 Å². The molecule has 2 atom stereocenters. The largest absolute Gasteiger partial charge is 0.323 e. The van der Waals surface area contributed by atoms with Gasteiger partial charge in [0, 0.05) is 40.4 Å². The van der Waals surface area contributed by atoms with Crippen LogP contribution < -0.4 is 16.0 Å². The van der Waals surface area contributed by atoms with Crippen LogP contribution in [0.1, 0.15) is 6.42 Å². The molecule has 5 rings (SSSR count). The van der Waals surface area contributed by atoms with Crippen LogP contribution in [0.3, 0.4) is 0 Å². The Morgan fingerprint density at radius 1 is 1.06 bits per heavy atom. The Morgan fingerprint density at radius 2 is 1.91 bits per heavy atom. The minimum Gasteiger partial charge on any atom is -0.323 e. The van der Waals surface area contributed by atoms with E-state index < -0.39 is 6.29 Å². The molecule has 4 aromatic rings. The summed E-state index contributed by atoms with van der Waals surface area (Å²) in [5, 5.41) is 12.0. The lowest BCUT2D eigenvalue weighted by molar-refractivity contribution is -0.123. The van der Waals surface area contributed by atoms with Crippen LogP contribution in [-0.2, 0) is 4.79 Å². The van der Waals surface area contributed by atoms with Crippen molar-refractivity contribution in [2.45, 2.75) is 23.8 Å². The van der Waals surface area contributed by atoms with E-state index in [-0.39, 0.29) is 11.9 Å². The minimum atomic E-state index is -0.492. The lowest BCUT2D eigenvalue weighted by Crippen LogP contribution is -2.60. The van der Waals surface area contributed by atoms with E-state index in [1.165, 1.54) is 0 Å². The average Bonchev–Trinajstić information content (AvgIpc) is 2.83. The van der Waals surface area contributed by atoms with Crippen molar-refractivity contribution in [3.8, 4) is 11.3 Å². The van der Waals surface area contributed by atoms with Crippen molar-refractivity contribution < 1.29 is 4.79 Å². The number of nitrogens with zero attached hydrogens (tertiary/aromatic N) is 3. The number of benzene rings is 2. The highest BCUT2D eigenvalue weighted by atomic mass is 35.5. The molecule has 166 valence electrons. The van der Waals surface area contributed by atoms with Gasteiger partial charge in [-0.05, 0) is 30.3 Å². The molecule has 1 aliphatic rings. The molecule has 33 heavy (non-hydrogen) atoms. The quantitative estimate of drug-likeness (QED) is 0.357. The van der Waals surface area contributed by atoms with Gasteiger partial charge < -0.3 is 10.6 Å². The molecular formula is C24H21ClN6OS. The van der Waals surface area contributed by atoms with Crippen molar-refractivity contribution in [2.75, 3.05) is 11.1 Å². The number of carbonyl (C=O) groups is 1. The molecule has 1 amide bonds. The van der Waals surface area contributed by atoms with Crippen LogP contribution in [-0.4, -0.2) is 38.9 Å². The van der Waals surface area contributed by atoms with Crippen LogP contribution in [0.2, 0.25) is 5.02 Å². The van der Waals surface area contributed by atoms with Gasteiger partial charge in [0.2, 0.25) is 11.9 Å². The first-order chi connectivity index (χ1) is 16.1. The zero-order valence-electron chi connectivity index (χ0n) is 17.5. The van der Waals surface area contributed by atoms with Crippen LogP contribution in [0.25, 0.3) is 22.2 Å². The Bertz CT molecular complexity index is 1270. The van der Waals surface area contributed by atoms with E-state index in [1.54, 1.807) is 24.0 Å². The van der Waals surface area contributed by atoms with E-state index in [1.807, 2.05) is 60.7 Å². The predicted molar refractivity (Wildman–Crippen MR) is 132 cm³/mol. The normalized spacial score (nSPS) is 18.2. The highest BCUT2D eigenvalue weighted by Gasteiger charge is 2.26. The summed E-state index contributed by atoms with van der Waals surface area (Å²) in [6.07, 6.45) is 1.67. The van der Waals surface area contributed by atoms with Crippen molar-refractivity contribution in [3.05, 3.63) is 77.9 Å². The Kier molecular flexibility index (Phi) is 6.39. The second-order valence-corrected chi connectivity index (χ2v) is 9.09. The number of aromatic nitrogens is 3. The molecular weight excluding hydrogens is 456 g/mol. The smallest absolute Gasteiger partial charge is 0.226 e. The molecule has 0 saturated carbocycles. The predicted octanol–water partition coefficient (Wildman–Crippen LogP) is 4.31. The SMILES string of the molecule is O=C1CC(CSc2ccccn2)NC(Nc2nc(-c3ccccc3)c3cc(Cl)ccc3n2)N1. The maximum Gasteiger partial charge on any atom is 0.226 e. The van der Waals surface area contributed by atoms with Gasteiger partial charge in [0.1, 0.15) is 0 Å². The Labute approximate surface area is 200 Å². The van der Waals surface area contributed by atoms with E-state index >= 15 is 0 Å². The number of nitrogens with one attached hydrogen (secondary N) is 3. The maximum atomic E-state index is 12.4. The van der Waals surface area contributed by atoms with Crippen LogP contribution in [0, 0.1) is 0 Å². The summed E-state index contributed by atoms with van der Waals surface area (Å²) < 4.78 is 0. The van der Waals surface area contributed by atoms with Crippen LogP contribution in [0.4, 0.5) is 5.95 Å². The zero-order chi connectivity index (χ0) is 22.6. The summed E-state index contributed by atoms with van der Waals surface area (Å²) in [7, 11) is 0. The van der Waals surface area contributed by atoms with Crippen LogP contribution >= 0.6 is 23.4 Å². The molecule has 9 heteroatoms. The number of anilines is 1. The number of pyridine rings is 1. The van der Waals surface area contributed by atoms with Gasteiger partial charge in [-0.2, -0.15) is 0 Å². The number of thioether (sulfide) groups is 1. The number of fused-ring (bicyclic) bond motifs is 1. The van der Waals surface area contributed by atoms with Crippen molar-refractivity contribution in [1.29, 1.82) is 0 Å². The molecule has 1 aliphatic heterocycles. The fourth-order valence-corrected chi connectivity index (χ4v) is 4.76. The molecule has 3 N–H and O–H groups in total. The van der Waals surface area contributed by atoms with Gasteiger partial charge in [-0.25, -0.2) is 15.0 Å². The first-order valence-corrected chi connectivity index (χ1v) is 11.9. The average molecular weight is 477 g/mol. The third kappa shape index (κ3) is 5.24. The molecule has 2 unspecified atom stereocenters. The molecule has 2 aromatic heterocycles. The Hall–Kier alpha value is -3.20. The summed E-state index contributed by atoms with van der Waals surface area (Å²) in [4.78, 5) is 26.1. The summed E-state index contributed by atoms with van der Waals surface area (Å²) in [5.41, 5.74) is 2.50. The summed E-state index contributed by atoms with van der Waals surface area (Å²) in [6, 6.07) is 21.2. The molecule has 0 radical (unpaired) electrons. The van der Waals surface area contributed by atoms with Gasteiger partial charge >= 0.3 is 0 Å². The summed E-state index contributed by atoms with van der Waals surface area (Å²) in [5.74, 6) is 1.10. The molecule has 1 saturated heterocycles. The highest BCUT2D eigenvalue weighted by Crippen LogP contribution is 2.29. The maximum absolute atomic E-state index is 12.4. The monoisotopic (exact) mass is 476 g/mol. The van der Waals surface area contributed by atoms with Gasteiger partial charge in [-0.3, -0.25) is 10.1 Å². The topological polar surface area (TPSA) is 91.8 Å². The first-order valence-electron chi connectivity index (χ1n) is 10.5. The Morgan fingerprint density at radius 3 is 2.73 bits per heavy atom. The van der Waals surface area contributed by atoms with Crippen molar-refractivity contribution in [2.24, 2.45) is 0 Å². The molecule has 0 bridgehead atoms. The van der Waals surface area contributed by atoms with E-state index in [9.17, 15) is 4.79 Å². The minimum absolute atomic E-state index is 0.0175.